The molecule has 2 fully saturated rings. The summed E-state index contributed by atoms with van der Waals surface area (Å²) in [5.74, 6) is 0. The number of pyridine rings is 1. The van der Waals surface area contributed by atoms with Crippen molar-refractivity contribution in [2.75, 3.05) is 7.05 Å². The molecule has 2 aliphatic heterocycles. The minimum Gasteiger partial charge on any atom is -0.385 e. The van der Waals surface area contributed by atoms with Crippen LogP contribution in [0.3, 0.4) is 0 Å². The lowest BCUT2D eigenvalue weighted by molar-refractivity contribution is -0.0495. The van der Waals surface area contributed by atoms with Crippen LogP contribution in [0.15, 0.2) is 18.3 Å². The van der Waals surface area contributed by atoms with Gasteiger partial charge in [-0.2, -0.15) is 0 Å². The summed E-state index contributed by atoms with van der Waals surface area (Å²) >= 11 is 5.79. The topological polar surface area (TPSA) is 36.4 Å². The molecule has 0 aliphatic carbocycles. The third-order valence-corrected chi connectivity index (χ3v) is 4.62. The quantitative estimate of drug-likeness (QED) is 0.779. The molecule has 0 spiro atoms. The van der Waals surface area contributed by atoms with Crippen LogP contribution < -0.4 is 0 Å². The van der Waals surface area contributed by atoms with Crippen molar-refractivity contribution in [3.05, 3.63) is 29.0 Å². The van der Waals surface area contributed by atoms with E-state index in [4.69, 9.17) is 11.6 Å². The predicted molar refractivity (Wildman–Crippen MR) is 67.0 cm³/mol. The van der Waals surface area contributed by atoms with Crippen molar-refractivity contribution in [3.63, 3.8) is 0 Å². The fourth-order valence-corrected chi connectivity index (χ4v) is 3.44. The van der Waals surface area contributed by atoms with Crippen LogP contribution in [0, 0.1) is 0 Å². The molecule has 1 N–H and O–H groups in total. The third-order valence-electron chi connectivity index (χ3n) is 4.40. The van der Waals surface area contributed by atoms with Crippen LogP contribution in [0.4, 0.5) is 0 Å². The first-order valence-corrected chi connectivity index (χ1v) is 6.53. The zero-order valence-electron chi connectivity index (χ0n) is 9.93. The normalized spacial score (nSPS) is 37.4. The summed E-state index contributed by atoms with van der Waals surface area (Å²) < 4.78 is 0. The number of rotatable bonds is 1. The lowest BCUT2D eigenvalue weighted by Crippen LogP contribution is -2.47. The van der Waals surface area contributed by atoms with Gasteiger partial charge in [0.15, 0.2) is 0 Å². The Morgan fingerprint density at radius 1 is 1.35 bits per heavy atom. The number of piperidine rings is 1. The maximum atomic E-state index is 10.8. The molecule has 17 heavy (non-hydrogen) atoms. The first-order chi connectivity index (χ1) is 8.08. The van der Waals surface area contributed by atoms with Gasteiger partial charge in [-0.1, -0.05) is 17.7 Å². The van der Waals surface area contributed by atoms with E-state index in [1.165, 1.54) is 12.8 Å². The van der Waals surface area contributed by atoms with E-state index >= 15 is 0 Å². The SMILES string of the molecule is CN1[C@@H]2CC[C@@H]1CC(O)(c1ccc(Cl)nc1)C2. The van der Waals surface area contributed by atoms with E-state index in [-0.39, 0.29) is 0 Å². The van der Waals surface area contributed by atoms with Gasteiger partial charge in [-0.05, 0) is 38.8 Å². The second-order valence-electron chi connectivity index (χ2n) is 5.36. The van der Waals surface area contributed by atoms with Crippen molar-refractivity contribution in [2.24, 2.45) is 0 Å². The van der Waals surface area contributed by atoms with Gasteiger partial charge in [-0.15, -0.1) is 0 Å². The standard InChI is InChI=1S/C13H17ClN2O/c1-16-10-3-4-11(16)7-13(17,6-10)9-2-5-12(14)15-8-9/h2,5,8,10-11,17H,3-4,6-7H2,1H3/t10-,11-/m1/s1. The van der Waals surface area contributed by atoms with Crippen LogP contribution in [0.25, 0.3) is 0 Å². The van der Waals surface area contributed by atoms with Gasteiger partial charge in [0.2, 0.25) is 0 Å². The Kier molecular flexibility index (Phi) is 2.65. The molecule has 0 saturated carbocycles. The molecule has 1 aromatic rings. The van der Waals surface area contributed by atoms with Crippen LogP contribution in [-0.4, -0.2) is 34.1 Å². The number of nitrogens with zero attached hydrogens (tertiary/aromatic N) is 2. The summed E-state index contributed by atoms with van der Waals surface area (Å²) in [7, 11) is 2.17. The molecule has 2 bridgehead atoms. The highest BCUT2D eigenvalue weighted by molar-refractivity contribution is 6.29. The molecular weight excluding hydrogens is 236 g/mol. The maximum absolute atomic E-state index is 10.8. The Morgan fingerprint density at radius 2 is 2.00 bits per heavy atom. The Bertz CT molecular complexity index is 406. The molecule has 1 aromatic heterocycles. The number of halogens is 1. The summed E-state index contributed by atoms with van der Waals surface area (Å²) in [6, 6.07) is 4.68. The van der Waals surface area contributed by atoms with Crippen LogP contribution in [0.1, 0.15) is 31.2 Å². The summed E-state index contributed by atoms with van der Waals surface area (Å²) in [5, 5.41) is 11.3. The fraction of sp³-hybridized carbons (Fsp3) is 0.615. The second kappa shape index (κ2) is 3.94. The molecule has 0 unspecified atom stereocenters. The van der Waals surface area contributed by atoms with Crippen LogP contribution >= 0.6 is 11.6 Å². The van der Waals surface area contributed by atoms with E-state index < -0.39 is 5.60 Å². The van der Waals surface area contributed by atoms with Gasteiger partial charge in [-0.3, -0.25) is 0 Å². The van der Waals surface area contributed by atoms with Gasteiger partial charge < -0.3 is 10.0 Å². The van der Waals surface area contributed by atoms with Gasteiger partial charge in [0.05, 0.1) is 5.60 Å². The van der Waals surface area contributed by atoms with Gasteiger partial charge in [0.25, 0.3) is 0 Å². The summed E-state index contributed by atoms with van der Waals surface area (Å²) in [5.41, 5.74) is 0.197. The van der Waals surface area contributed by atoms with Crippen molar-refractivity contribution in [3.8, 4) is 0 Å². The monoisotopic (exact) mass is 252 g/mol. The molecule has 0 amide bonds. The van der Waals surface area contributed by atoms with E-state index in [1.807, 2.05) is 6.07 Å². The maximum Gasteiger partial charge on any atom is 0.129 e. The van der Waals surface area contributed by atoms with E-state index in [9.17, 15) is 5.11 Å². The highest BCUT2D eigenvalue weighted by Gasteiger charge is 2.46. The van der Waals surface area contributed by atoms with Crippen molar-refractivity contribution in [1.82, 2.24) is 9.88 Å². The van der Waals surface area contributed by atoms with Crippen LogP contribution in [-0.2, 0) is 5.60 Å². The number of aromatic nitrogens is 1. The molecule has 0 aromatic carbocycles. The first kappa shape index (κ1) is 11.5. The van der Waals surface area contributed by atoms with Crippen LogP contribution in [0.5, 0.6) is 0 Å². The molecule has 3 heterocycles. The Balaban J connectivity index is 1.90. The Hall–Kier alpha value is -0.640. The number of fused-ring (bicyclic) bond motifs is 2. The lowest BCUT2D eigenvalue weighted by Gasteiger charge is -2.42. The average Bonchev–Trinajstić information content (AvgIpc) is 2.53. The summed E-state index contributed by atoms with van der Waals surface area (Å²) in [6.45, 7) is 0. The smallest absolute Gasteiger partial charge is 0.129 e. The highest BCUT2D eigenvalue weighted by atomic mass is 35.5. The molecule has 2 saturated heterocycles. The van der Waals surface area contributed by atoms with E-state index in [1.54, 1.807) is 12.3 Å². The number of hydrogen-bond donors (Lipinski definition) is 1. The molecule has 2 atom stereocenters. The third kappa shape index (κ3) is 1.86. The van der Waals surface area contributed by atoms with E-state index in [2.05, 4.69) is 16.9 Å². The van der Waals surface area contributed by atoms with Crippen molar-refractivity contribution >= 4 is 11.6 Å². The molecule has 3 rings (SSSR count). The van der Waals surface area contributed by atoms with E-state index in [0.29, 0.717) is 17.2 Å². The highest BCUT2D eigenvalue weighted by Crippen LogP contribution is 2.44. The molecule has 0 radical (unpaired) electrons. The zero-order chi connectivity index (χ0) is 12.0. The molecule has 4 heteroatoms. The Labute approximate surface area is 106 Å². The van der Waals surface area contributed by atoms with E-state index in [0.717, 1.165) is 18.4 Å². The van der Waals surface area contributed by atoms with Crippen molar-refractivity contribution in [2.45, 2.75) is 43.4 Å². The van der Waals surface area contributed by atoms with Gasteiger partial charge in [0, 0.05) is 23.8 Å². The molecule has 2 aliphatic rings. The number of aliphatic hydroxyl groups is 1. The fourth-order valence-electron chi connectivity index (χ4n) is 3.33. The van der Waals surface area contributed by atoms with Gasteiger partial charge >= 0.3 is 0 Å². The average molecular weight is 253 g/mol. The second-order valence-corrected chi connectivity index (χ2v) is 5.75. The Morgan fingerprint density at radius 3 is 2.53 bits per heavy atom. The minimum atomic E-state index is -0.712. The summed E-state index contributed by atoms with van der Waals surface area (Å²) in [6.07, 6.45) is 5.73. The van der Waals surface area contributed by atoms with Crippen LogP contribution in [0.2, 0.25) is 5.15 Å². The minimum absolute atomic E-state index is 0.480. The molecular formula is C13H17ClN2O. The molecule has 92 valence electrons. The van der Waals surface area contributed by atoms with Gasteiger partial charge in [-0.25, -0.2) is 4.98 Å². The van der Waals surface area contributed by atoms with Crippen molar-refractivity contribution in [1.29, 1.82) is 0 Å². The lowest BCUT2D eigenvalue weighted by atomic mass is 9.81. The summed E-state index contributed by atoms with van der Waals surface area (Å²) in [4.78, 5) is 6.50. The first-order valence-electron chi connectivity index (χ1n) is 6.15. The molecule has 3 nitrogen and oxygen atoms in total. The zero-order valence-corrected chi connectivity index (χ0v) is 10.7. The largest absolute Gasteiger partial charge is 0.385 e. The van der Waals surface area contributed by atoms with Crippen molar-refractivity contribution < 1.29 is 5.11 Å². The van der Waals surface area contributed by atoms with Gasteiger partial charge in [0.1, 0.15) is 5.15 Å². The predicted octanol–water partition coefficient (Wildman–Crippen LogP) is 2.18. The number of hydrogen-bond acceptors (Lipinski definition) is 3.